The standard InChI is InChI=1S/C16H24BrNO/c1-3-4-5-6-7-8-12-16(19)18-15-11-9-10-14(17)13(15)2/h9-11H,3-8,12H2,1-2H3,(H,18,19). The fraction of sp³-hybridized carbons (Fsp3) is 0.562. The van der Waals surface area contributed by atoms with Gasteiger partial charge in [-0.05, 0) is 31.0 Å². The first kappa shape index (κ1) is 16.2. The predicted molar refractivity (Wildman–Crippen MR) is 85.5 cm³/mol. The van der Waals surface area contributed by atoms with E-state index in [9.17, 15) is 4.79 Å². The molecule has 0 spiro atoms. The SMILES string of the molecule is CCCCCCCCC(=O)Nc1cccc(Br)c1C. The van der Waals surface area contributed by atoms with E-state index < -0.39 is 0 Å². The molecule has 0 aromatic heterocycles. The molecule has 0 saturated carbocycles. The van der Waals surface area contributed by atoms with Crippen molar-refractivity contribution in [2.24, 2.45) is 0 Å². The monoisotopic (exact) mass is 325 g/mol. The fourth-order valence-corrected chi connectivity index (χ4v) is 2.39. The second-order valence-electron chi connectivity index (χ2n) is 4.98. The average Bonchev–Trinajstić information content (AvgIpc) is 2.39. The number of carbonyl (C=O) groups excluding carboxylic acids is 1. The van der Waals surface area contributed by atoms with Gasteiger partial charge in [-0.15, -0.1) is 0 Å². The zero-order chi connectivity index (χ0) is 14.1. The highest BCUT2D eigenvalue weighted by molar-refractivity contribution is 9.10. The molecular weight excluding hydrogens is 302 g/mol. The summed E-state index contributed by atoms with van der Waals surface area (Å²) in [5, 5.41) is 2.98. The molecule has 0 aliphatic carbocycles. The number of nitrogens with one attached hydrogen (secondary N) is 1. The van der Waals surface area contributed by atoms with E-state index in [4.69, 9.17) is 0 Å². The molecule has 0 aliphatic heterocycles. The van der Waals surface area contributed by atoms with Gasteiger partial charge in [0, 0.05) is 16.6 Å². The van der Waals surface area contributed by atoms with E-state index in [1.165, 1.54) is 25.7 Å². The molecule has 1 amide bonds. The summed E-state index contributed by atoms with van der Waals surface area (Å²) in [6.45, 7) is 4.22. The van der Waals surface area contributed by atoms with Crippen molar-refractivity contribution in [3.63, 3.8) is 0 Å². The van der Waals surface area contributed by atoms with Gasteiger partial charge >= 0.3 is 0 Å². The fourth-order valence-electron chi connectivity index (χ4n) is 2.02. The Morgan fingerprint density at radius 3 is 2.58 bits per heavy atom. The van der Waals surface area contributed by atoms with Gasteiger partial charge in [0.25, 0.3) is 0 Å². The molecule has 0 heterocycles. The van der Waals surface area contributed by atoms with Crippen LogP contribution in [0.15, 0.2) is 22.7 Å². The van der Waals surface area contributed by atoms with Crippen molar-refractivity contribution in [1.82, 2.24) is 0 Å². The van der Waals surface area contributed by atoms with Crippen LogP contribution in [0.5, 0.6) is 0 Å². The molecule has 1 aromatic carbocycles. The number of hydrogen-bond acceptors (Lipinski definition) is 1. The minimum absolute atomic E-state index is 0.122. The second-order valence-corrected chi connectivity index (χ2v) is 5.83. The summed E-state index contributed by atoms with van der Waals surface area (Å²) in [6, 6.07) is 5.87. The Balaban J connectivity index is 2.26. The molecule has 0 atom stereocenters. The maximum Gasteiger partial charge on any atom is 0.224 e. The molecule has 1 aromatic rings. The average molecular weight is 326 g/mol. The van der Waals surface area contributed by atoms with Crippen LogP contribution in [0.25, 0.3) is 0 Å². The van der Waals surface area contributed by atoms with E-state index in [1.54, 1.807) is 0 Å². The number of halogens is 1. The molecule has 106 valence electrons. The molecule has 0 fully saturated rings. The lowest BCUT2D eigenvalue weighted by Crippen LogP contribution is -2.12. The van der Waals surface area contributed by atoms with Crippen molar-refractivity contribution in [2.75, 3.05) is 5.32 Å². The van der Waals surface area contributed by atoms with Crippen LogP contribution in [-0.2, 0) is 4.79 Å². The van der Waals surface area contributed by atoms with Crippen LogP contribution in [0.4, 0.5) is 5.69 Å². The molecule has 0 radical (unpaired) electrons. The van der Waals surface area contributed by atoms with Gasteiger partial charge < -0.3 is 5.32 Å². The third-order valence-electron chi connectivity index (χ3n) is 3.30. The van der Waals surface area contributed by atoms with E-state index in [0.717, 1.165) is 28.6 Å². The van der Waals surface area contributed by atoms with Gasteiger partial charge in [0.05, 0.1) is 0 Å². The molecule has 1 N–H and O–H groups in total. The third kappa shape index (κ3) is 6.24. The highest BCUT2D eigenvalue weighted by Gasteiger charge is 2.06. The number of amides is 1. The Kier molecular flexibility index (Phi) is 7.80. The molecule has 3 heteroatoms. The normalized spacial score (nSPS) is 10.5. The zero-order valence-corrected chi connectivity index (χ0v) is 13.6. The zero-order valence-electron chi connectivity index (χ0n) is 12.0. The van der Waals surface area contributed by atoms with Gasteiger partial charge in [-0.1, -0.05) is 61.0 Å². The Morgan fingerprint density at radius 2 is 1.84 bits per heavy atom. The van der Waals surface area contributed by atoms with Crippen LogP contribution in [-0.4, -0.2) is 5.91 Å². The number of anilines is 1. The molecule has 0 unspecified atom stereocenters. The summed E-state index contributed by atoms with van der Waals surface area (Å²) < 4.78 is 1.03. The second kappa shape index (κ2) is 9.13. The highest BCUT2D eigenvalue weighted by Crippen LogP contribution is 2.23. The lowest BCUT2D eigenvalue weighted by molar-refractivity contribution is -0.116. The van der Waals surface area contributed by atoms with E-state index in [1.807, 2.05) is 25.1 Å². The Morgan fingerprint density at radius 1 is 1.16 bits per heavy atom. The van der Waals surface area contributed by atoms with Crippen molar-refractivity contribution in [3.8, 4) is 0 Å². The first-order valence-corrected chi connectivity index (χ1v) is 7.99. The molecule has 19 heavy (non-hydrogen) atoms. The molecule has 2 nitrogen and oxygen atoms in total. The van der Waals surface area contributed by atoms with Crippen LogP contribution in [0.1, 0.15) is 57.4 Å². The van der Waals surface area contributed by atoms with Gasteiger partial charge in [-0.2, -0.15) is 0 Å². The summed E-state index contributed by atoms with van der Waals surface area (Å²) in [4.78, 5) is 11.8. The van der Waals surface area contributed by atoms with Crippen molar-refractivity contribution >= 4 is 27.5 Å². The molecule has 0 aliphatic rings. The topological polar surface area (TPSA) is 29.1 Å². The number of benzene rings is 1. The first-order valence-electron chi connectivity index (χ1n) is 7.20. The maximum atomic E-state index is 11.8. The molecular formula is C16H24BrNO. The predicted octanol–water partition coefficient (Wildman–Crippen LogP) is 5.45. The van der Waals surface area contributed by atoms with Gasteiger partial charge in [-0.3, -0.25) is 4.79 Å². The van der Waals surface area contributed by atoms with Crippen LogP contribution in [0, 0.1) is 6.92 Å². The van der Waals surface area contributed by atoms with Crippen molar-refractivity contribution in [1.29, 1.82) is 0 Å². The van der Waals surface area contributed by atoms with Crippen molar-refractivity contribution in [3.05, 3.63) is 28.2 Å². The van der Waals surface area contributed by atoms with E-state index in [2.05, 4.69) is 28.2 Å². The molecule has 0 bridgehead atoms. The van der Waals surface area contributed by atoms with Crippen LogP contribution in [0.3, 0.4) is 0 Å². The lowest BCUT2D eigenvalue weighted by atomic mass is 10.1. The summed E-state index contributed by atoms with van der Waals surface area (Å²) in [5.41, 5.74) is 1.99. The van der Waals surface area contributed by atoms with E-state index in [0.29, 0.717) is 6.42 Å². The number of rotatable bonds is 8. The molecule has 0 saturated heterocycles. The summed E-state index contributed by atoms with van der Waals surface area (Å²) in [6.07, 6.45) is 7.89. The Labute approximate surface area is 125 Å². The number of hydrogen-bond donors (Lipinski definition) is 1. The highest BCUT2D eigenvalue weighted by atomic mass is 79.9. The maximum absolute atomic E-state index is 11.8. The third-order valence-corrected chi connectivity index (χ3v) is 4.16. The minimum atomic E-state index is 0.122. The smallest absolute Gasteiger partial charge is 0.224 e. The van der Waals surface area contributed by atoms with Crippen LogP contribution < -0.4 is 5.32 Å². The lowest BCUT2D eigenvalue weighted by Gasteiger charge is -2.09. The van der Waals surface area contributed by atoms with Gasteiger partial charge in [0.1, 0.15) is 0 Å². The number of carbonyl (C=O) groups is 1. The Hall–Kier alpha value is -0.830. The summed E-state index contributed by atoms with van der Waals surface area (Å²) in [5.74, 6) is 0.122. The summed E-state index contributed by atoms with van der Waals surface area (Å²) in [7, 11) is 0. The largest absolute Gasteiger partial charge is 0.326 e. The van der Waals surface area contributed by atoms with Gasteiger partial charge in [0.2, 0.25) is 5.91 Å². The van der Waals surface area contributed by atoms with E-state index >= 15 is 0 Å². The van der Waals surface area contributed by atoms with Gasteiger partial charge in [-0.25, -0.2) is 0 Å². The molecule has 1 rings (SSSR count). The summed E-state index contributed by atoms with van der Waals surface area (Å²) >= 11 is 3.47. The van der Waals surface area contributed by atoms with Crippen LogP contribution in [0.2, 0.25) is 0 Å². The number of unbranched alkanes of at least 4 members (excludes halogenated alkanes) is 5. The van der Waals surface area contributed by atoms with Gasteiger partial charge in [0.15, 0.2) is 0 Å². The van der Waals surface area contributed by atoms with E-state index in [-0.39, 0.29) is 5.91 Å². The van der Waals surface area contributed by atoms with Crippen molar-refractivity contribution in [2.45, 2.75) is 58.8 Å². The first-order chi connectivity index (χ1) is 9.15. The van der Waals surface area contributed by atoms with Crippen LogP contribution >= 0.6 is 15.9 Å². The quantitative estimate of drug-likeness (QED) is 0.633. The minimum Gasteiger partial charge on any atom is -0.326 e. The van der Waals surface area contributed by atoms with Crippen molar-refractivity contribution < 1.29 is 4.79 Å². The Bertz CT molecular complexity index is 404.